The number of unbranched alkanes of at least 4 members (excludes halogenated alkanes) is 1. The smallest absolute Gasteiger partial charge is 0.264 e. The van der Waals surface area contributed by atoms with E-state index in [-0.39, 0.29) is 12.5 Å². The van der Waals surface area contributed by atoms with E-state index < -0.39 is 16.2 Å². The molecule has 0 bridgehead atoms. The van der Waals surface area contributed by atoms with E-state index in [1.54, 1.807) is 0 Å². The minimum atomic E-state index is -3.57. The lowest BCUT2D eigenvalue weighted by atomic mass is 9.91. The van der Waals surface area contributed by atoms with Gasteiger partial charge in [-0.15, -0.1) is 11.6 Å². The number of rotatable bonds is 9. The van der Waals surface area contributed by atoms with Gasteiger partial charge in [-0.3, -0.25) is 4.18 Å². The molecule has 114 valence electrons. The summed E-state index contributed by atoms with van der Waals surface area (Å²) in [6.07, 6.45) is 2.55. The summed E-state index contributed by atoms with van der Waals surface area (Å²) in [6, 6.07) is 9.31. The van der Waals surface area contributed by atoms with Crippen LogP contribution in [0.4, 0.5) is 0 Å². The fourth-order valence-corrected chi connectivity index (χ4v) is 2.99. The van der Waals surface area contributed by atoms with E-state index in [9.17, 15) is 13.5 Å². The maximum absolute atomic E-state index is 11.4. The molecular weight excluding hydrogens is 300 g/mol. The number of aliphatic hydroxyl groups is 1. The van der Waals surface area contributed by atoms with Crippen LogP contribution in [0.2, 0.25) is 0 Å². The Morgan fingerprint density at radius 1 is 1.25 bits per heavy atom. The maximum Gasteiger partial charge on any atom is 0.264 e. The van der Waals surface area contributed by atoms with Crippen molar-refractivity contribution in [2.45, 2.75) is 31.3 Å². The van der Waals surface area contributed by atoms with Gasteiger partial charge >= 0.3 is 0 Å². The molecule has 0 spiro atoms. The Hall–Kier alpha value is -0.620. The van der Waals surface area contributed by atoms with E-state index in [0.29, 0.717) is 12.3 Å². The third-order valence-electron chi connectivity index (χ3n) is 3.04. The second-order valence-electron chi connectivity index (χ2n) is 4.72. The highest BCUT2D eigenvalue weighted by Gasteiger charge is 2.26. The largest absolute Gasteiger partial charge is 0.396 e. The van der Waals surface area contributed by atoms with Gasteiger partial charge < -0.3 is 5.11 Å². The standard InChI is InChI=1S/C14H21ClO4S/c1-20(17,18)19-14(9-5-6-10-15)13(11-16)12-7-3-2-4-8-12/h2-4,7-8,13-14,16H,5-6,9-11H2,1H3/t13-,14+/m1/s1. The molecule has 20 heavy (non-hydrogen) atoms. The molecule has 0 radical (unpaired) electrons. The van der Waals surface area contributed by atoms with Crippen molar-refractivity contribution in [3.8, 4) is 0 Å². The van der Waals surface area contributed by atoms with E-state index in [0.717, 1.165) is 24.7 Å². The van der Waals surface area contributed by atoms with E-state index in [1.807, 2.05) is 30.3 Å². The molecule has 0 fully saturated rings. The van der Waals surface area contributed by atoms with Crippen LogP contribution in [0.3, 0.4) is 0 Å². The van der Waals surface area contributed by atoms with Crippen LogP contribution in [-0.2, 0) is 14.3 Å². The molecule has 0 unspecified atom stereocenters. The van der Waals surface area contributed by atoms with Crippen LogP contribution in [0.25, 0.3) is 0 Å². The summed E-state index contributed by atoms with van der Waals surface area (Å²) < 4.78 is 28.0. The Morgan fingerprint density at radius 2 is 1.90 bits per heavy atom. The van der Waals surface area contributed by atoms with Gasteiger partial charge in [-0.2, -0.15) is 8.42 Å². The van der Waals surface area contributed by atoms with Crippen LogP contribution >= 0.6 is 11.6 Å². The maximum atomic E-state index is 11.4. The Morgan fingerprint density at radius 3 is 2.40 bits per heavy atom. The molecule has 0 amide bonds. The van der Waals surface area contributed by atoms with Crippen LogP contribution in [-0.4, -0.2) is 38.4 Å². The minimum Gasteiger partial charge on any atom is -0.396 e. The van der Waals surface area contributed by atoms with Gasteiger partial charge in [0.05, 0.1) is 19.0 Å². The van der Waals surface area contributed by atoms with E-state index in [2.05, 4.69) is 0 Å². The van der Waals surface area contributed by atoms with Crippen molar-refractivity contribution in [2.24, 2.45) is 0 Å². The van der Waals surface area contributed by atoms with Gasteiger partial charge in [-0.1, -0.05) is 30.3 Å². The third-order valence-corrected chi connectivity index (χ3v) is 3.91. The quantitative estimate of drug-likeness (QED) is 0.431. The number of hydrogen-bond acceptors (Lipinski definition) is 4. The number of aliphatic hydroxyl groups excluding tert-OH is 1. The van der Waals surface area contributed by atoms with E-state index in [1.165, 1.54) is 0 Å². The first-order valence-electron chi connectivity index (χ1n) is 6.58. The van der Waals surface area contributed by atoms with Crippen molar-refractivity contribution in [1.82, 2.24) is 0 Å². The summed E-state index contributed by atoms with van der Waals surface area (Å²) >= 11 is 5.64. The normalized spacial score (nSPS) is 14.9. The summed E-state index contributed by atoms with van der Waals surface area (Å²) in [5.41, 5.74) is 0.870. The molecule has 0 aromatic heterocycles. The first-order valence-corrected chi connectivity index (χ1v) is 8.93. The minimum absolute atomic E-state index is 0.162. The fraction of sp³-hybridized carbons (Fsp3) is 0.571. The summed E-state index contributed by atoms with van der Waals surface area (Å²) in [7, 11) is -3.57. The molecule has 0 saturated heterocycles. The topological polar surface area (TPSA) is 63.6 Å². The average molecular weight is 321 g/mol. The zero-order valence-electron chi connectivity index (χ0n) is 11.5. The lowest BCUT2D eigenvalue weighted by Crippen LogP contribution is -2.27. The highest BCUT2D eigenvalue weighted by molar-refractivity contribution is 7.86. The molecule has 1 N–H and O–H groups in total. The Bertz CT molecular complexity index is 475. The summed E-state index contributed by atoms with van der Waals surface area (Å²) in [5, 5.41) is 9.60. The highest BCUT2D eigenvalue weighted by Crippen LogP contribution is 2.26. The van der Waals surface area contributed by atoms with Crippen LogP contribution < -0.4 is 0 Å². The van der Waals surface area contributed by atoms with Crippen LogP contribution in [0.5, 0.6) is 0 Å². The first kappa shape index (κ1) is 17.4. The van der Waals surface area contributed by atoms with Gasteiger partial charge in [0.2, 0.25) is 0 Å². The first-order chi connectivity index (χ1) is 9.48. The fourth-order valence-electron chi connectivity index (χ4n) is 2.12. The molecule has 1 aromatic carbocycles. The molecular formula is C14H21ClO4S. The lowest BCUT2D eigenvalue weighted by molar-refractivity contribution is 0.124. The summed E-state index contributed by atoms with van der Waals surface area (Å²) in [4.78, 5) is 0. The van der Waals surface area contributed by atoms with Gasteiger partial charge in [0.1, 0.15) is 0 Å². The second-order valence-corrected chi connectivity index (χ2v) is 6.70. The molecule has 1 aromatic rings. The van der Waals surface area contributed by atoms with Crippen molar-refractivity contribution in [2.75, 3.05) is 18.7 Å². The average Bonchev–Trinajstić information content (AvgIpc) is 2.39. The van der Waals surface area contributed by atoms with Gasteiger partial charge in [0.25, 0.3) is 10.1 Å². The highest BCUT2D eigenvalue weighted by atomic mass is 35.5. The van der Waals surface area contributed by atoms with E-state index in [4.69, 9.17) is 15.8 Å². The predicted molar refractivity (Wildman–Crippen MR) is 80.6 cm³/mol. The molecule has 4 nitrogen and oxygen atoms in total. The van der Waals surface area contributed by atoms with Gasteiger partial charge in [0.15, 0.2) is 0 Å². The molecule has 0 aliphatic heterocycles. The third kappa shape index (κ3) is 6.22. The number of halogens is 1. The van der Waals surface area contributed by atoms with Crippen LogP contribution in [0.15, 0.2) is 30.3 Å². The molecule has 0 saturated carbocycles. The molecule has 2 atom stereocenters. The van der Waals surface area contributed by atoms with Crippen molar-refractivity contribution in [1.29, 1.82) is 0 Å². The second kappa shape index (κ2) is 8.62. The van der Waals surface area contributed by atoms with Crippen molar-refractivity contribution >= 4 is 21.7 Å². The van der Waals surface area contributed by atoms with Crippen molar-refractivity contribution < 1.29 is 17.7 Å². The van der Waals surface area contributed by atoms with Gasteiger partial charge in [-0.05, 0) is 24.8 Å². The van der Waals surface area contributed by atoms with Gasteiger partial charge in [-0.25, -0.2) is 0 Å². The zero-order chi connectivity index (χ0) is 15.0. The number of alkyl halides is 1. The van der Waals surface area contributed by atoms with Crippen molar-refractivity contribution in [3.05, 3.63) is 35.9 Å². The summed E-state index contributed by atoms with van der Waals surface area (Å²) in [6.45, 7) is -0.162. The zero-order valence-corrected chi connectivity index (χ0v) is 13.1. The number of hydrogen-bond donors (Lipinski definition) is 1. The Kier molecular flexibility index (Phi) is 7.51. The Balaban J connectivity index is 2.88. The number of benzene rings is 1. The molecule has 0 aliphatic carbocycles. The lowest BCUT2D eigenvalue weighted by Gasteiger charge is -2.25. The van der Waals surface area contributed by atoms with Crippen LogP contribution in [0.1, 0.15) is 30.7 Å². The molecule has 1 rings (SSSR count). The predicted octanol–water partition coefficient (Wildman–Crippen LogP) is 2.52. The Labute approximate surface area is 125 Å². The van der Waals surface area contributed by atoms with E-state index >= 15 is 0 Å². The van der Waals surface area contributed by atoms with Crippen LogP contribution in [0, 0.1) is 0 Å². The van der Waals surface area contributed by atoms with Crippen molar-refractivity contribution in [3.63, 3.8) is 0 Å². The van der Waals surface area contributed by atoms with Gasteiger partial charge in [0, 0.05) is 11.8 Å². The summed E-state index contributed by atoms with van der Waals surface area (Å²) in [5.74, 6) is 0.169. The molecule has 0 aliphatic rings. The molecule has 0 heterocycles. The SMILES string of the molecule is CS(=O)(=O)O[C@@H](CCCCCl)[C@H](CO)c1ccccc1. The monoisotopic (exact) mass is 320 g/mol. The molecule has 6 heteroatoms.